The van der Waals surface area contributed by atoms with E-state index in [1.807, 2.05) is 13.0 Å². The van der Waals surface area contributed by atoms with Crippen LogP contribution in [0.3, 0.4) is 0 Å². The van der Waals surface area contributed by atoms with Crippen LogP contribution in [0.1, 0.15) is 13.3 Å². The van der Waals surface area contributed by atoms with Gasteiger partial charge in [0.05, 0.1) is 12.3 Å². The van der Waals surface area contributed by atoms with Crippen molar-refractivity contribution in [1.82, 2.24) is 4.98 Å². The second-order valence-electron chi connectivity index (χ2n) is 4.48. The maximum Gasteiger partial charge on any atom is 0.361 e. The molecule has 1 aromatic heterocycles. The number of hydrogen-bond donors (Lipinski definition) is 3. The summed E-state index contributed by atoms with van der Waals surface area (Å²) in [6.45, 7) is 2.53. The summed E-state index contributed by atoms with van der Waals surface area (Å²) in [5.74, 6) is 0.610. The fourth-order valence-electron chi connectivity index (χ4n) is 1.88. The molecule has 6 nitrogen and oxygen atoms in total. The number of nitrogens with one attached hydrogen (secondary N) is 1. The normalized spacial score (nSPS) is 11.4. The first kappa shape index (κ1) is 15.5. The minimum absolute atomic E-state index is 0.448. The molecule has 0 fully saturated rings. The van der Waals surface area contributed by atoms with Gasteiger partial charge >= 0.3 is 7.60 Å². The van der Waals surface area contributed by atoms with Crippen LogP contribution in [-0.2, 0) is 4.57 Å². The number of rotatable bonds is 5. The number of H-pyrrole nitrogens is 1. The minimum Gasteiger partial charge on any atom is -0.493 e. The van der Waals surface area contributed by atoms with Crippen molar-refractivity contribution in [1.29, 1.82) is 0 Å². The highest BCUT2D eigenvalue weighted by atomic mass is 31.2. The van der Waals surface area contributed by atoms with Crippen molar-refractivity contribution in [3.63, 3.8) is 0 Å². The largest absolute Gasteiger partial charge is 0.493 e. The Morgan fingerprint density at radius 1 is 1.19 bits per heavy atom. The van der Waals surface area contributed by atoms with Crippen LogP contribution in [-0.4, -0.2) is 21.4 Å². The van der Waals surface area contributed by atoms with Crippen LogP contribution in [0.15, 0.2) is 41.2 Å². The predicted octanol–water partition coefficient (Wildman–Crippen LogP) is 1.63. The number of pyridine rings is 1. The number of ether oxygens (including phenoxy) is 1. The van der Waals surface area contributed by atoms with Crippen molar-refractivity contribution in [2.24, 2.45) is 0 Å². The van der Waals surface area contributed by atoms with Crippen LogP contribution < -0.4 is 15.6 Å². The van der Waals surface area contributed by atoms with Crippen LogP contribution >= 0.6 is 7.60 Å². The van der Waals surface area contributed by atoms with Gasteiger partial charge < -0.3 is 19.5 Å². The SMILES string of the molecule is CCCOc1ccccc1-c1ccc(P(=O)(O)O)c(=O)[nH]1. The molecule has 0 aliphatic rings. The Morgan fingerprint density at radius 2 is 1.90 bits per heavy atom. The lowest BCUT2D eigenvalue weighted by Gasteiger charge is -2.11. The van der Waals surface area contributed by atoms with E-state index in [9.17, 15) is 9.36 Å². The molecule has 0 spiro atoms. The molecular weight excluding hydrogens is 293 g/mol. The topological polar surface area (TPSA) is 99.6 Å². The summed E-state index contributed by atoms with van der Waals surface area (Å²) in [5.41, 5.74) is 0.315. The molecule has 0 bridgehead atoms. The minimum atomic E-state index is -4.57. The third-order valence-corrected chi connectivity index (χ3v) is 3.82. The van der Waals surface area contributed by atoms with Gasteiger partial charge in [-0.2, -0.15) is 0 Å². The molecule has 3 N–H and O–H groups in total. The van der Waals surface area contributed by atoms with Crippen molar-refractivity contribution >= 4 is 12.9 Å². The van der Waals surface area contributed by atoms with E-state index >= 15 is 0 Å². The molecule has 7 heteroatoms. The first-order chi connectivity index (χ1) is 9.93. The van der Waals surface area contributed by atoms with Gasteiger partial charge in [-0.1, -0.05) is 19.1 Å². The molecule has 2 rings (SSSR count). The zero-order valence-electron chi connectivity index (χ0n) is 11.4. The van der Waals surface area contributed by atoms with E-state index in [1.54, 1.807) is 18.2 Å². The Balaban J connectivity index is 2.46. The van der Waals surface area contributed by atoms with Gasteiger partial charge in [0.2, 0.25) is 0 Å². The van der Waals surface area contributed by atoms with E-state index in [0.717, 1.165) is 12.5 Å². The highest BCUT2D eigenvalue weighted by Crippen LogP contribution is 2.32. The van der Waals surface area contributed by atoms with Crippen LogP contribution in [0.5, 0.6) is 5.75 Å². The van der Waals surface area contributed by atoms with E-state index in [1.165, 1.54) is 6.07 Å². The van der Waals surface area contributed by atoms with E-state index in [-0.39, 0.29) is 0 Å². The van der Waals surface area contributed by atoms with Gasteiger partial charge in [0.25, 0.3) is 5.56 Å². The summed E-state index contributed by atoms with van der Waals surface area (Å²) in [4.78, 5) is 32.4. The number of benzene rings is 1. The van der Waals surface area contributed by atoms with Gasteiger partial charge in [-0.25, -0.2) is 0 Å². The lowest BCUT2D eigenvalue weighted by molar-refractivity contribution is 0.318. The Hall–Kier alpha value is -1.88. The summed E-state index contributed by atoms with van der Waals surface area (Å²) in [6.07, 6.45) is 0.849. The Kier molecular flexibility index (Phi) is 4.63. The Bertz CT molecular complexity index is 734. The predicted molar refractivity (Wildman–Crippen MR) is 80.0 cm³/mol. The first-order valence-corrected chi connectivity index (χ1v) is 8.06. The molecule has 0 radical (unpaired) electrons. The molecule has 21 heavy (non-hydrogen) atoms. The van der Waals surface area contributed by atoms with Crippen molar-refractivity contribution in [2.45, 2.75) is 13.3 Å². The maximum atomic E-state index is 11.8. The maximum absolute atomic E-state index is 11.8. The molecule has 0 aliphatic carbocycles. The summed E-state index contributed by atoms with van der Waals surface area (Å²) in [5, 5.41) is -0.543. The van der Waals surface area contributed by atoms with E-state index in [4.69, 9.17) is 14.5 Å². The quantitative estimate of drug-likeness (QED) is 0.729. The summed E-state index contributed by atoms with van der Waals surface area (Å²) in [6, 6.07) is 9.77. The fraction of sp³-hybridized carbons (Fsp3) is 0.214. The summed E-state index contributed by atoms with van der Waals surface area (Å²) in [7, 11) is -4.57. The molecule has 1 heterocycles. The van der Waals surface area contributed by atoms with Crippen LogP contribution in [0.4, 0.5) is 0 Å². The molecule has 112 valence electrons. The number of hydrogen-bond acceptors (Lipinski definition) is 3. The van der Waals surface area contributed by atoms with E-state index in [2.05, 4.69) is 4.98 Å². The number of aromatic amines is 1. The Labute approximate surface area is 121 Å². The zero-order valence-corrected chi connectivity index (χ0v) is 12.3. The molecule has 0 aliphatic heterocycles. The lowest BCUT2D eigenvalue weighted by atomic mass is 10.1. The average molecular weight is 309 g/mol. The van der Waals surface area contributed by atoms with Gasteiger partial charge in [0.1, 0.15) is 11.1 Å². The van der Waals surface area contributed by atoms with Gasteiger partial charge in [-0.15, -0.1) is 0 Å². The monoisotopic (exact) mass is 309 g/mol. The molecule has 0 amide bonds. The highest BCUT2D eigenvalue weighted by molar-refractivity contribution is 7.60. The standard InChI is InChI=1S/C14H16NO5P/c1-2-9-20-12-6-4-3-5-10(12)11-7-8-13(14(16)15-11)21(17,18)19/h3-8H,2,9H2,1H3,(H,15,16)(H2,17,18,19). The second-order valence-corrected chi connectivity index (χ2v) is 6.04. The first-order valence-electron chi connectivity index (χ1n) is 6.45. The third kappa shape index (κ3) is 3.61. The molecule has 0 saturated heterocycles. The van der Waals surface area contributed by atoms with E-state index < -0.39 is 18.5 Å². The molecule has 0 unspecified atom stereocenters. The van der Waals surface area contributed by atoms with Crippen molar-refractivity contribution in [3.8, 4) is 17.0 Å². The summed E-state index contributed by atoms with van der Waals surface area (Å²) < 4.78 is 16.8. The molecule has 2 aromatic rings. The molecular formula is C14H16NO5P. The molecule has 0 saturated carbocycles. The van der Waals surface area contributed by atoms with Gasteiger partial charge in [0, 0.05) is 5.56 Å². The third-order valence-electron chi connectivity index (χ3n) is 2.84. The van der Waals surface area contributed by atoms with Crippen molar-refractivity contribution in [3.05, 3.63) is 46.8 Å². The average Bonchev–Trinajstić information content (AvgIpc) is 2.44. The van der Waals surface area contributed by atoms with Crippen LogP contribution in [0.25, 0.3) is 11.3 Å². The highest BCUT2D eigenvalue weighted by Gasteiger charge is 2.21. The van der Waals surface area contributed by atoms with Crippen LogP contribution in [0.2, 0.25) is 0 Å². The van der Waals surface area contributed by atoms with Gasteiger partial charge in [-0.3, -0.25) is 9.36 Å². The molecule has 0 atom stereocenters. The lowest BCUT2D eigenvalue weighted by Crippen LogP contribution is -2.27. The van der Waals surface area contributed by atoms with Gasteiger partial charge in [0.15, 0.2) is 0 Å². The smallest absolute Gasteiger partial charge is 0.361 e. The Morgan fingerprint density at radius 3 is 2.52 bits per heavy atom. The fourth-order valence-corrected chi connectivity index (χ4v) is 2.47. The van der Waals surface area contributed by atoms with Crippen LogP contribution in [0, 0.1) is 0 Å². The van der Waals surface area contributed by atoms with Crippen molar-refractivity contribution in [2.75, 3.05) is 6.61 Å². The number of aromatic nitrogens is 1. The van der Waals surface area contributed by atoms with Gasteiger partial charge in [-0.05, 0) is 30.7 Å². The molecule has 1 aromatic carbocycles. The van der Waals surface area contributed by atoms with Crippen molar-refractivity contribution < 1.29 is 19.1 Å². The number of para-hydroxylation sites is 1. The summed E-state index contributed by atoms with van der Waals surface area (Å²) >= 11 is 0. The van der Waals surface area contributed by atoms with E-state index in [0.29, 0.717) is 23.6 Å². The zero-order chi connectivity index (χ0) is 15.5. The second kappa shape index (κ2) is 6.26.